The highest BCUT2D eigenvalue weighted by Gasteiger charge is 2.19. The Labute approximate surface area is 120 Å². The van der Waals surface area contributed by atoms with Gasteiger partial charge in [0.1, 0.15) is 12.2 Å². The van der Waals surface area contributed by atoms with Crippen molar-refractivity contribution in [1.82, 2.24) is 9.88 Å². The summed E-state index contributed by atoms with van der Waals surface area (Å²) in [5, 5.41) is 0. The molecular formula is C13H15BrN2O3. The van der Waals surface area contributed by atoms with Crippen molar-refractivity contribution >= 4 is 27.8 Å². The van der Waals surface area contributed by atoms with Gasteiger partial charge in [-0.15, -0.1) is 6.58 Å². The molecule has 0 aromatic carbocycles. The van der Waals surface area contributed by atoms with Gasteiger partial charge in [0.25, 0.3) is 5.91 Å². The number of esters is 1. The summed E-state index contributed by atoms with van der Waals surface area (Å²) in [7, 11) is 0. The molecule has 6 heteroatoms. The lowest BCUT2D eigenvalue weighted by atomic mass is 10.3. The predicted molar refractivity (Wildman–Crippen MR) is 74.7 cm³/mol. The Balaban J connectivity index is 2.80. The fourth-order valence-electron chi connectivity index (χ4n) is 1.40. The molecule has 0 aliphatic heterocycles. The van der Waals surface area contributed by atoms with Crippen LogP contribution in [0.3, 0.4) is 0 Å². The van der Waals surface area contributed by atoms with Crippen molar-refractivity contribution in [3.8, 4) is 0 Å². The minimum atomic E-state index is -0.449. The first kappa shape index (κ1) is 15.4. The summed E-state index contributed by atoms with van der Waals surface area (Å²) in [6, 6.07) is 3.31. The van der Waals surface area contributed by atoms with E-state index in [4.69, 9.17) is 4.74 Å². The lowest BCUT2D eigenvalue weighted by molar-refractivity contribution is -0.143. The lowest BCUT2D eigenvalue weighted by Gasteiger charge is -2.19. The Kier molecular flexibility index (Phi) is 6.21. The molecule has 1 aromatic heterocycles. The van der Waals surface area contributed by atoms with Crippen LogP contribution >= 0.6 is 15.9 Å². The van der Waals surface area contributed by atoms with Crippen LogP contribution in [0.4, 0.5) is 0 Å². The Morgan fingerprint density at radius 2 is 2.26 bits per heavy atom. The van der Waals surface area contributed by atoms with E-state index < -0.39 is 5.97 Å². The van der Waals surface area contributed by atoms with Gasteiger partial charge in [0, 0.05) is 17.2 Å². The van der Waals surface area contributed by atoms with Gasteiger partial charge in [0.2, 0.25) is 0 Å². The predicted octanol–water partition coefficient (Wildman–Crippen LogP) is 2.04. The van der Waals surface area contributed by atoms with Gasteiger partial charge in [-0.3, -0.25) is 9.59 Å². The molecule has 0 saturated heterocycles. The van der Waals surface area contributed by atoms with E-state index in [1.807, 2.05) is 0 Å². The second kappa shape index (κ2) is 7.68. The average molecular weight is 327 g/mol. The number of halogens is 1. The van der Waals surface area contributed by atoms with Crippen molar-refractivity contribution in [3.05, 3.63) is 41.2 Å². The van der Waals surface area contributed by atoms with Gasteiger partial charge < -0.3 is 9.64 Å². The maximum atomic E-state index is 12.2. The molecule has 0 aliphatic carbocycles. The molecule has 1 rings (SSSR count). The van der Waals surface area contributed by atoms with Crippen LogP contribution in [0, 0.1) is 0 Å². The number of ether oxygens (including phenoxy) is 1. The SMILES string of the molecule is C=CCN(CC(=O)OCC)C(=O)c1ccc(Br)cn1. The van der Waals surface area contributed by atoms with E-state index in [9.17, 15) is 9.59 Å². The molecule has 0 saturated carbocycles. The quantitative estimate of drug-likeness (QED) is 0.593. The van der Waals surface area contributed by atoms with Gasteiger partial charge in [-0.2, -0.15) is 0 Å². The first-order valence-corrected chi connectivity index (χ1v) is 6.55. The molecule has 0 fully saturated rings. The molecule has 0 spiro atoms. The highest BCUT2D eigenvalue weighted by Crippen LogP contribution is 2.09. The van der Waals surface area contributed by atoms with Crippen LogP contribution in [-0.4, -0.2) is 41.5 Å². The number of aromatic nitrogens is 1. The molecule has 0 N–H and O–H groups in total. The molecule has 1 amide bonds. The Morgan fingerprint density at radius 3 is 2.79 bits per heavy atom. The fraction of sp³-hybridized carbons (Fsp3) is 0.308. The van der Waals surface area contributed by atoms with Crippen molar-refractivity contribution in [2.75, 3.05) is 19.7 Å². The van der Waals surface area contributed by atoms with Gasteiger partial charge in [0.15, 0.2) is 0 Å². The molecular weight excluding hydrogens is 312 g/mol. The first-order chi connectivity index (χ1) is 9.08. The highest BCUT2D eigenvalue weighted by atomic mass is 79.9. The van der Waals surface area contributed by atoms with Gasteiger partial charge >= 0.3 is 5.97 Å². The highest BCUT2D eigenvalue weighted by molar-refractivity contribution is 9.10. The number of rotatable bonds is 6. The van der Waals surface area contributed by atoms with Gasteiger partial charge in [0.05, 0.1) is 6.61 Å². The second-order valence-electron chi connectivity index (χ2n) is 3.64. The Hall–Kier alpha value is -1.69. The van der Waals surface area contributed by atoms with Crippen LogP contribution < -0.4 is 0 Å². The first-order valence-electron chi connectivity index (χ1n) is 5.75. The van der Waals surface area contributed by atoms with Crippen molar-refractivity contribution in [1.29, 1.82) is 0 Å². The zero-order valence-electron chi connectivity index (χ0n) is 10.6. The number of carbonyl (C=O) groups is 2. The van der Waals surface area contributed by atoms with E-state index in [0.29, 0.717) is 0 Å². The van der Waals surface area contributed by atoms with Crippen LogP contribution in [0.15, 0.2) is 35.5 Å². The van der Waals surface area contributed by atoms with Crippen molar-refractivity contribution in [2.24, 2.45) is 0 Å². The monoisotopic (exact) mass is 326 g/mol. The Morgan fingerprint density at radius 1 is 1.53 bits per heavy atom. The normalized spacial score (nSPS) is 9.79. The van der Waals surface area contributed by atoms with Crippen molar-refractivity contribution in [2.45, 2.75) is 6.92 Å². The molecule has 0 radical (unpaired) electrons. The summed E-state index contributed by atoms with van der Waals surface area (Å²) < 4.78 is 5.61. The molecule has 102 valence electrons. The third kappa shape index (κ3) is 4.82. The lowest BCUT2D eigenvalue weighted by Crippen LogP contribution is -2.37. The molecule has 1 aromatic rings. The van der Waals surface area contributed by atoms with E-state index >= 15 is 0 Å². The minimum Gasteiger partial charge on any atom is -0.465 e. The largest absolute Gasteiger partial charge is 0.465 e. The van der Waals surface area contributed by atoms with Gasteiger partial charge in [-0.25, -0.2) is 4.98 Å². The molecule has 0 unspecified atom stereocenters. The zero-order valence-corrected chi connectivity index (χ0v) is 12.2. The number of carbonyl (C=O) groups excluding carboxylic acids is 2. The summed E-state index contributed by atoms with van der Waals surface area (Å²) in [6.07, 6.45) is 3.08. The third-order valence-electron chi connectivity index (χ3n) is 2.21. The van der Waals surface area contributed by atoms with Crippen molar-refractivity contribution < 1.29 is 14.3 Å². The topological polar surface area (TPSA) is 59.5 Å². The molecule has 0 atom stereocenters. The van der Waals surface area contributed by atoms with Crippen molar-refractivity contribution in [3.63, 3.8) is 0 Å². The smallest absolute Gasteiger partial charge is 0.325 e. The third-order valence-corrected chi connectivity index (χ3v) is 2.68. The molecule has 5 nitrogen and oxygen atoms in total. The van der Waals surface area contributed by atoms with E-state index in [0.717, 1.165) is 4.47 Å². The molecule has 0 bridgehead atoms. The Bertz CT molecular complexity index is 459. The number of hydrogen-bond acceptors (Lipinski definition) is 4. The summed E-state index contributed by atoms with van der Waals surface area (Å²) in [5.74, 6) is -0.782. The van der Waals surface area contributed by atoms with Crippen LogP contribution in [0.1, 0.15) is 17.4 Å². The van der Waals surface area contributed by atoms with E-state index in [-0.39, 0.29) is 31.3 Å². The summed E-state index contributed by atoms with van der Waals surface area (Å²) >= 11 is 3.25. The number of pyridine rings is 1. The van der Waals surface area contributed by atoms with Crippen LogP contribution in [0.2, 0.25) is 0 Å². The number of hydrogen-bond donors (Lipinski definition) is 0. The van der Waals surface area contributed by atoms with Crippen LogP contribution in [0.5, 0.6) is 0 Å². The minimum absolute atomic E-state index is 0.115. The summed E-state index contributed by atoms with van der Waals surface area (Å²) in [6.45, 7) is 5.71. The van der Waals surface area contributed by atoms with E-state index in [2.05, 4.69) is 27.5 Å². The standard InChI is InChI=1S/C13H15BrN2O3/c1-3-7-16(9-12(17)19-4-2)13(18)11-6-5-10(14)8-15-11/h3,5-6,8H,1,4,7,9H2,2H3. The zero-order chi connectivity index (χ0) is 14.3. The second-order valence-corrected chi connectivity index (χ2v) is 4.56. The number of nitrogens with zero attached hydrogens (tertiary/aromatic N) is 2. The average Bonchev–Trinajstić information content (AvgIpc) is 2.38. The molecule has 0 aliphatic rings. The maximum absolute atomic E-state index is 12.2. The van der Waals surface area contributed by atoms with Gasteiger partial charge in [-0.1, -0.05) is 6.08 Å². The fourth-order valence-corrected chi connectivity index (χ4v) is 1.64. The van der Waals surface area contributed by atoms with E-state index in [1.165, 1.54) is 11.1 Å². The number of amides is 1. The molecule has 19 heavy (non-hydrogen) atoms. The molecule has 1 heterocycles. The van der Waals surface area contributed by atoms with Gasteiger partial charge in [-0.05, 0) is 35.0 Å². The maximum Gasteiger partial charge on any atom is 0.325 e. The van der Waals surface area contributed by atoms with E-state index in [1.54, 1.807) is 25.1 Å². The van der Waals surface area contributed by atoms with Crippen LogP contribution in [0.25, 0.3) is 0 Å². The summed E-state index contributed by atoms with van der Waals surface area (Å²) in [5.41, 5.74) is 0.273. The summed E-state index contributed by atoms with van der Waals surface area (Å²) in [4.78, 5) is 29.0. The van der Waals surface area contributed by atoms with Crippen LogP contribution in [-0.2, 0) is 9.53 Å².